The van der Waals surface area contributed by atoms with Gasteiger partial charge < -0.3 is 25.6 Å². The number of aliphatic hydroxyl groups is 2. The van der Waals surface area contributed by atoms with Crippen LogP contribution in [0.5, 0.6) is 0 Å². The summed E-state index contributed by atoms with van der Waals surface area (Å²) >= 11 is 0. The summed E-state index contributed by atoms with van der Waals surface area (Å²) in [6.45, 7) is 6.95. The molecule has 1 aliphatic heterocycles. The van der Waals surface area contributed by atoms with Gasteiger partial charge in [0.2, 0.25) is 5.91 Å². The number of carbonyl (C=O) groups is 1. The smallest absolute Gasteiger partial charge is 0.220 e. The first-order valence-corrected chi connectivity index (χ1v) is 9.82. The lowest BCUT2D eigenvalue weighted by Gasteiger charge is -2.42. The molecule has 1 rings (SSSR count). The first kappa shape index (κ1) is 22.9. The number of unbranched alkanes of at least 4 members (excludes halogenated alkanes) is 3. The number of aliphatic hydroxyl groups excluding tert-OH is 2. The van der Waals surface area contributed by atoms with Gasteiger partial charge in [0.05, 0.1) is 24.8 Å². The van der Waals surface area contributed by atoms with Crippen molar-refractivity contribution < 1.29 is 19.7 Å². The van der Waals surface area contributed by atoms with Crippen LogP contribution in [0.2, 0.25) is 0 Å². The predicted molar refractivity (Wildman–Crippen MR) is 103 cm³/mol. The van der Waals surface area contributed by atoms with Gasteiger partial charge in [-0.3, -0.25) is 4.79 Å². The molecule has 2 unspecified atom stereocenters. The first-order valence-electron chi connectivity index (χ1n) is 9.82. The Balaban J connectivity index is 2.33. The molecule has 6 heteroatoms. The van der Waals surface area contributed by atoms with Crippen molar-refractivity contribution in [2.24, 2.45) is 5.92 Å². The zero-order chi connectivity index (χ0) is 19.5. The maximum atomic E-state index is 12.1. The highest BCUT2D eigenvalue weighted by molar-refractivity contribution is 5.76. The summed E-state index contributed by atoms with van der Waals surface area (Å²) in [5.74, 6) is 3.07. The fourth-order valence-electron chi connectivity index (χ4n) is 3.26. The van der Waals surface area contributed by atoms with E-state index in [-0.39, 0.29) is 12.0 Å². The van der Waals surface area contributed by atoms with Crippen LogP contribution in [0.1, 0.15) is 59.3 Å². The van der Waals surface area contributed by atoms with Crippen molar-refractivity contribution in [1.29, 1.82) is 0 Å². The average Bonchev–Trinajstić information content (AvgIpc) is 2.59. The molecular weight excluding hydrogens is 332 g/mol. The standard InChI is InChI=1S/C20H36N2O4/c1-5-12-21-13-16-19(24)20(25)18(15(4)26-16)22-17(23)11-9-7-6-8-10-14(2)3/h1,14-16,18-21,24-25H,6-13H2,2-4H3,(H,22,23)/t15-,16?,18?,19+,20+/m0/s1. The number of rotatable bonds is 11. The zero-order valence-electron chi connectivity index (χ0n) is 16.4. The van der Waals surface area contributed by atoms with Crippen LogP contribution in [0.25, 0.3) is 0 Å². The molecule has 0 aromatic carbocycles. The number of carbonyl (C=O) groups excluding carboxylic acids is 1. The van der Waals surface area contributed by atoms with E-state index in [4.69, 9.17) is 11.2 Å². The number of hydrogen-bond acceptors (Lipinski definition) is 5. The molecule has 1 fully saturated rings. The molecule has 1 saturated heterocycles. The van der Waals surface area contributed by atoms with E-state index >= 15 is 0 Å². The van der Waals surface area contributed by atoms with E-state index in [2.05, 4.69) is 30.4 Å². The molecule has 0 aromatic heterocycles. The van der Waals surface area contributed by atoms with Crippen molar-refractivity contribution in [3.63, 3.8) is 0 Å². The molecule has 1 aliphatic rings. The van der Waals surface area contributed by atoms with Gasteiger partial charge >= 0.3 is 0 Å². The summed E-state index contributed by atoms with van der Waals surface area (Å²) in [6.07, 6.45) is 7.97. The fraction of sp³-hybridized carbons (Fsp3) is 0.850. The SMILES string of the molecule is C#CCNCC1O[C@@H](C)C(NC(=O)CCCCCCC(C)C)[C@@H](O)[C@@H]1O. The Bertz CT molecular complexity index is 450. The average molecular weight is 369 g/mol. The number of ether oxygens (including phenoxy) is 1. The summed E-state index contributed by atoms with van der Waals surface area (Å²) in [7, 11) is 0. The third-order valence-corrected chi connectivity index (χ3v) is 4.83. The van der Waals surface area contributed by atoms with Crippen LogP contribution in [0.4, 0.5) is 0 Å². The van der Waals surface area contributed by atoms with E-state index in [1.807, 2.05) is 0 Å². The third kappa shape index (κ3) is 8.05. The Hall–Kier alpha value is -1.13. The van der Waals surface area contributed by atoms with Crippen LogP contribution in [-0.4, -0.2) is 59.7 Å². The molecule has 4 N–H and O–H groups in total. The second-order valence-corrected chi connectivity index (χ2v) is 7.64. The zero-order valence-corrected chi connectivity index (χ0v) is 16.4. The Morgan fingerprint density at radius 1 is 1.19 bits per heavy atom. The summed E-state index contributed by atoms with van der Waals surface area (Å²) in [4.78, 5) is 12.1. The maximum absolute atomic E-state index is 12.1. The van der Waals surface area contributed by atoms with Crippen LogP contribution in [0.15, 0.2) is 0 Å². The van der Waals surface area contributed by atoms with Gasteiger partial charge in [-0.1, -0.05) is 45.5 Å². The summed E-state index contributed by atoms with van der Waals surface area (Å²) in [6, 6.07) is -0.609. The van der Waals surface area contributed by atoms with Crippen LogP contribution in [0.3, 0.4) is 0 Å². The van der Waals surface area contributed by atoms with Crippen LogP contribution in [-0.2, 0) is 9.53 Å². The normalized spacial score (nSPS) is 28.7. The molecule has 0 bridgehead atoms. The lowest BCUT2D eigenvalue weighted by Crippen LogP contribution is -2.64. The summed E-state index contributed by atoms with van der Waals surface area (Å²) in [5.41, 5.74) is 0. The maximum Gasteiger partial charge on any atom is 0.220 e. The highest BCUT2D eigenvalue weighted by Gasteiger charge is 2.42. The van der Waals surface area contributed by atoms with Crippen molar-refractivity contribution in [2.45, 2.75) is 89.8 Å². The second kappa shape index (κ2) is 12.3. The van der Waals surface area contributed by atoms with E-state index < -0.39 is 24.4 Å². The van der Waals surface area contributed by atoms with E-state index in [1.165, 1.54) is 12.8 Å². The minimum Gasteiger partial charge on any atom is -0.388 e. The quantitative estimate of drug-likeness (QED) is 0.325. The van der Waals surface area contributed by atoms with Gasteiger partial charge in [0.1, 0.15) is 12.2 Å². The molecule has 26 heavy (non-hydrogen) atoms. The lowest BCUT2D eigenvalue weighted by atomic mass is 9.93. The lowest BCUT2D eigenvalue weighted by molar-refractivity contribution is -0.179. The van der Waals surface area contributed by atoms with Crippen LogP contribution in [0, 0.1) is 18.3 Å². The van der Waals surface area contributed by atoms with Crippen LogP contribution >= 0.6 is 0 Å². The molecule has 0 spiro atoms. The largest absolute Gasteiger partial charge is 0.388 e. The fourth-order valence-corrected chi connectivity index (χ4v) is 3.26. The minimum atomic E-state index is -1.07. The molecule has 0 saturated carbocycles. The molecule has 0 aromatic rings. The van der Waals surface area contributed by atoms with E-state index in [0.717, 1.165) is 25.2 Å². The Morgan fingerprint density at radius 2 is 1.88 bits per heavy atom. The van der Waals surface area contributed by atoms with Gasteiger partial charge in [0, 0.05) is 13.0 Å². The van der Waals surface area contributed by atoms with Crippen LogP contribution < -0.4 is 10.6 Å². The van der Waals surface area contributed by atoms with Gasteiger partial charge in [-0.15, -0.1) is 6.42 Å². The number of amides is 1. The molecular formula is C20H36N2O4. The van der Waals surface area contributed by atoms with E-state index in [9.17, 15) is 15.0 Å². The topological polar surface area (TPSA) is 90.8 Å². The predicted octanol–water partition coefficient (Wildman–Crippen LogP) is 1.20. The van der Waals surface area contributed by atoms with Crippen molar-refractivity contribution in [1.82, 2.24) is 10.6 Å². The Labute approximate surface area is 158 Å². The molecule has 150 valence electrons. The summed E-state index contributed by atoms with van der Waals surface area (Å²) < 4.78 is 5.75. The molecule has 6 nitrogen and oxygen atoms in total. The van der Waals surface area contributed by atoms with E-state index in [1.54, 1.807) is 6.92 Å². The monoisotopic (exact) mass is 368 g/mol. The highest BCUT2D eigenvalue weighted by Crippen LogP contribution is 2.21. The molecule has 1 heterocycles. The Morgan fingerprint density at radius 3 is 2.54 bits per heavy atom. The van der Waals surface area contributed by atoms with Gasteiger partial charge in [-0.25, -0.2) is 0 Å². The van der Waals surface area contributed by atoms with E-state index in [0.29, 0.717) is 19.5 Å². The minimum absolute atomic E-state index is 0.107. The molecule has 0 radical (unpaired) electrons. The van der Waals surface area contributed by atoms with Crippen molar-refractivity contribution in [3.05, 3.63) is 0 Å². The molecule has 0 aliphatic carbocycles. The second-order valence-electron chi connectivity index (χ2n) is 7.64. The number of terminal acetylenes is 1. The third-order valence-electron chi connectivity index (χ3n) is 4.83. The number of nitrogens with one attached hydrogen (secondary N) is 2. The highest BCUT2D eigenvalue weighted by atomic mass is 16.5. The number of hydrogen-bond donors (Lipinski definition) is 4. The van der Waals surface area contributed by atoms with Gasteiger partial charge in [-0.05, 0) is 19.3 Å². The van der Waals surface area contributed by atoms with Gasteiger partial charge in [-0.2, -0.15) is 0 Å². The Kier molecular flexibility index (Phi) is 10.8. The van der Waals surface area contributed by atoms with Gasteiger partial charge in [0.15, 0.2) is 0 Å². The van der Waals surface area contributed by atoms with Crippen molar-refractivity contribution in [3.8, 4) is 12.3 Å². The van der Waals surface area contributed by atoms with Gasteiger partial charge in [0.25, 0.3) is 0 Å². The van der Waals surface area contributed by atoms with Crippen molar-refractivity contribution in [2.75, 3.05) is 13.1 Å². The summed E-state index contributed by atoms with van der Waals surface area (Å²) in [5, 5.41) is 26.4. The molecule has 1 amide bonds. The molecule has 5 atom stereocenters. The van der Waals surface area contributed by atoms with Crippen molar-refractivity contribution >= 4 is 5.91 Å². The first-order chi connectivity index (χ1) is 12.4.